The zero-order valence-corrected chi connectivity index (χ0v) is 24.0. The monoisotopic (exact) mass is 567 g/mol. The summed E-state index contributed by atoms with van der Waals surface area (Å²) in [7, 11) is 3.05. The van der Waals surface area contributed by atoms with Crippen LogP contribution in [0.5, 0.6) is 11.5 Å². The van der Waals surface area contributed by atoms with E-state index in [0.717, 1.165) is 22.0 Å². The van der Waals surface area contributed by atoms with E-state index < -0.39 is 0 Å². The van der Waals surface area contributed by atoms with Crippen molar-refractivity contribution in [3.8, 4) is 22.8 Å². The Morgan fingerprint density at radius 2 is 1.74 bits per heavy atom. The van der Waals surface area contributed by atoms with Crippen molar-refractivity contribution in [2.45, 2.75) is 20.8 Å². The fraction of sp³-hybridized carbons (Fsp3) is 0.207. The van der Waals surface area contributed by atoms with Crippen LogP contribution in [0, 0.1) is 6.92 Å². The highest BCUT2D eigenvalue weighted by molar-refractivity contribution is 6.41. The van der Waals surface area contributed by atoms with Gasteiger partial charge in [-0.3, -0.25) is 4.79 Å². The fourth-order valence-corrected chi connectivity index (χ4v) is 4.60. The second-order valence-electron chi connectivity index (χ2n) is 8.25. The average molecular weight is 569 g/mol. The molecule has 1 amide bonds. The molecule has 0 aliphatic heterocycles. The van der Waals surface area contributed by atoms with E-state index in [0.29, 0.717) is 63.1 Å². The number of nitrogens with zero attached hydrogens (tertiary/aromatic N) is 2. The summed E-state index contributed by atoms with van der Waals surface area (Å²) in [6, 6.07) is 11.0. The second-order valence-corrected chi connectivity index (χ2v) is 9.01. The van der Waals surface area contributed by atoms with Gasteiger partial charge >= 0.3 is 0 Å². The lowest BCUT2D eigenvalue weighted by Crippen LogP contribution is -2.04. The number of hydrogen-bond acceptors (Lipinski definition) is 7. The van der Waals surface area contributed by atoms with Crippen molar-refractivity contribution < 1.29 is 14.3 Å². The summed E-state index contributed by atoms with van der Waals surface area (Å²) in [5.74, 6) is 2.09. The van der Waals surface area contributed by atoms with E-state index in [1.54, 1.807) is 18.3 Å². The molecule has 3 N–H and O–H groups in total. The number of amides is 1. The van der Waals surface area contributed by atoms with E-state index >= 15 is 0 Å². The number of anilines is 4. The molecule has 0 aliphatic carbocycles. The number of hydrogen-bond donors (Lipinski definition) is 3. The van der Waals surface area contributed by atoms with Crippen molar-refractivity contribution in [1.82, 2.24) is 9.97 Å². The van der Waals surface area contributed by atoms with Crippen LogP contribution in [0.15, 0.2) is 55.3 Å². The van der Waals surface area contributed by atoms with Crippen molar-refractivity contribution in [3.63, 3.8) is 0 Å². The summed E-state index contributed by atoms with van der Waals surface area (Å²) in [6.07, 6.45) is 4.14. The largest absolute Gasteiger partial charge is 0.495 e. The summed E-state index contributed by atoms with van der Waals surface area (Å²) in [5.41, 5.74) is 3.42. The number of para-hydroxylation sites is 1. The van der Waals surface area contributed by atoms with Gasteiger partial charge in [0, 0.05) is 35.1 Å². The molecule has 0 atom stereocenters. The molecule has 2 aromatic carbocycles. The Kier molecular flexibility index (Phi) is 10.4. The minimum Gasteiger partial charge on any atom is -0.495 e. The number of aromatic nitrogens is 2. The number of methoxy groups -OCH3 is 2. The van der Waals surface area contributed by atoms with Crippen LogP contribution in [-0.2, 0) is 4.79 Å². The summed E-state index contributed by atoms with van der Waals surface area (Å²) >= 11 is 13.3. The molecule has 2 aromatic heterocycles. The van der Waals surface area contributed by atoms with E-state index in [1.807, 2.05) is 51.1 Å². The van der Waals surface area contributed by atoms with Gasteiger partial charge in [-0.15, -0.1) is 6.58 Å². The zero-order chi connectivity index (χ0) is 28.5. The maximum Gasteiger partial charge on any atom is 0.211 e. The molecule has 0 saturated heterocycles. The highest BCUT2D eigenvalue weighted by Crippen LogP contribution is 2.46. The number of pyridine rings is 2. The van der Waals surface area contributed by atoms with Gasteiger partial charge in [-0.25, -0.2) is 9.97 Å². The van der Waals surface area contributed by atoms with E-state index in [2.05, 4.69) is 27.5 Å². The number of ether oxygens (including phenoxy) is 2. The number of fused-ring (bicyclic) bond motifs is 1. The van der Waals surface area contributed by atoms with Gasteiger partial charge in [0.05, 0.1) is 41.3 Å². The molecule has 39 heavy (non-hydrogen) atoms. The maximum atomic E-state index is 11.1. The van der Waals surface area contributed by atoms with Gasteiger partial charge in [0.25, 0.3) is 0 Å². The zero-order valence-electron chi connectivity index (χ0n) is 22.5. The van der Waals surface area contributed by atoms with E-state index in [1.165, 1.54) is 14.2 Å². The van der Waals surface area contributed by atoms with Gasteiger partial charge in [0.15, 0.2) is 0 Å². The first-order valence-electron chi connectivity index (χ1n) is 12.1. The number of halogens is 2. The third kappa shape index (κ3) is 6.53. The van der Waals surface area contributed by atoms with Crippen LogP contribution in [-0.4, -0.2) is 37.1 Å². The third-order valence-corrected chi connectivity index (χ3v) is 6.38. The predicted octanol–water partition coefficient (Wildman–Crippen LogP) is 7.87. The Balaban J connectivity index is 0.00000134. The summed E-state index contributed by atoms with van der Waals surface area (Å²) in [4.78, 5) is 20.5. The molecule has 0 aliphatic rings. The lowest BCUT2D eigenvalue weighted by Gasteiger charge is -2.17. The molecule has 2 heterocycles. The molecule has 0 unspecified atom stereocenters. The van der Waals surface area contributed by atoms with Crippen LogP contribution in [0.4, 0.5) is 23.0 Å². The Hall–Kier alpha value is -4.01. The van der Waals surface area contributed by atoms with Crippen molar-refractivity contribution in [3.05, 3.63) is 70.9 Å². The highest BCUT2D eigenvalue weighted by Gasteiger charge is 2.21. The standard InChI is InChI=1S/C26H25Cl2N5O3.C3H6/c1-5-29-26-16-10-21(33-25-14(2)7-6-8-17(25)31-13-34)30-12-15(16)9-18(32-26)22-23(27)19(35-3)11-20(36-4)24(22)28;1-3-2/h6-13H,5H2,1-4H3,(H,29,32)(H,30,33)(H,31,34);3H,1H2,2H3. The number of allylic oxidation sites excluding steroid dienone is 1. The molecule has 8 nitrogen and oxygen atoms in total. The normalized spacial score (nSPS) is 10.2. The van der Waals surface area contributed by atoms with Crippen LogP contribution in [0.25, 0.3) is 22.0 Å². The lowest BCUT2D eigenvalue weighted by atomic mass is 10.1. The average Bonchev–Trinajstić information content (AvgIpc) is 2.92. The number of carbonyl (C=O) groups excluding carboxylic acids is 1. The van der Waals surface area contributed by atoms with Gasteiger partial charge in [-0.2, -0.15) is 0 Å². The molecule has 0 radical (unpaired) electrons. The van der Waals surface area contributed by atoms with Gasteiger partial charge < -0.3 is 25.4 Å². The first-order chi connectivity index (χ1) is 18.8. The first-order valence-corrected chi connectivity index (χ1v) is 12.9. The van der Waals surface area contributed by atoms with E-state index in [-0.39, 0.29) is 0 Å². The lowest BCUT2D eigenvalue weighted by molar-refractivity contribution is -0.105. The Morgan fingerprint density at radius 3 is 2.33 bits per heavy atom. The minimum absolute atomic E-state index is 0.332. The first kappa shape index (κ1) is 29.5. The Bertz CT molecular complexity index is 1470. The van der Waals surface area contributed by atoms with Crippen molar-refractivity contribution in [2.24, 2.45) is 0 Å². The summed E-state index contributed by atoms with van der Waals surface area (Å²) < 4.78 is 10.8. The molecule has 4 rings (SSSR count). The number of aryl methyl sites for hydroxylation is 1. The Morgan fingerprint density at radius 1 is 1.08 bits per heavy atom. The number of rotatable bonds is 9. The summed E-state index contributed by atoms with van der Waals surface area (Å²) in [5, 5.41) is 11.7. The van der Waals surface area contributed by atoms with Crippen LogP contribution < -0.4 is 25.4 Å². The quantitative estimate of drug-likeness (QED) is 0.140. The van der Waals surface area contributed by atoms with Gasteiger partial charge in [0.2, 0.25) is 6.41 Å². The van der Waals surface area contributed by atoms with Gasteiger partial charge in [-0.1, -0.05) is 41.4 Å². The van der Waals surface area contributed by atoms with Crippen LogP contribution in [0.2, 0.25) is 10.0 Å². The molecular weight excluding hydrogens is 537 g/mol. The molecule has 0 saturated carbocycles. The van der Waals surface area contributed by atoms with Crippen LogP contribution in [0.3, 0.4) is 0 Å². The number of carbonyl (C=O) groups is 1. The van der Waals surface area contributed by atoms with Crippen molar-refractivity contribution >= 4 is 63.4 Å². The molecular formula is C29H31Cl2N5O3. The molecule has 10 heteroatoms. The van der Waals surface area contributed by atoms with Gasteiger partial charge in [0.1, 0.15) is 23.1 Å². The van der Waals surface area contributed by atoms with E-state index in [9.17, 15) is 4.79 Å². The topological polar surface area (TPSA) is 97.4 Å². The van der Waals surface area contributed by atoms with Crippen LogP contribution in [0.1, 0.15) is 19.4 Å². The molecule has 0 fully saturated rings. The molecule has 0 spiro atoms. The number of benzene rings is 2. The fourth-order valence-electron chi connectivity index (χ4n) is 3.90. The smallest absolute Gasteiger partial charge is 0.211 e. The maximum absolute atomic E-state index is 11.1. The summed E-state index contributed by atoms with van der Waals surface area (Å²) in [6.45, 7) is 9.83. The van der Waals surface area contributed by atoms with Crippen molar-refractivity contribution in [2.75, 3.05) is 36.7 Å². The SMILES string of the molecule is C=CC.CCNc1nc(-c2c(Cl)c(OC)cc(OC)c2Cl)cc2cnc(Nc3c(C)cccc3NC=O)cc12. The minimum atomic E-state index is 0.332. The van der Waals surface area contributed by atoms with Crippen molar-refractivity contribution in [1.29, 1.82) is 0 Å². The third-order valence-electron chi connectivity index (χ3n) is 5.63. The predicted molar refractivity (Wildman–Crippen MR) is 162 cm³/mol. The van der Waals surface area contributed by atoms with Crippen LogP contribution >= 0.6 is 23.2 Å². The molecule has 204 valence electrons. The molecule has 4 aromatic rings. The van der Waals surface area contributed by atoms with Gasteiger partial charge in [-0.05, 0) is 44.5 Å². The highest BCUT2D eigenvalue weighted by atomic mass is 35.5. The number of nitrogens with one attached hydrogen (secondary N) is 3. The molecule has 0 bridgehead atoms. The second kappa shape index (κ2) is 13.7. The van der Waals surface area contributed by atoms with E-state index in [4.69, 9.17) is 37.7 Å². The Labute approximate surface area is 238 Å².